The van der Waals surface area contributed by atoms with E-state index in [1.807, 2.05) is 32.0 Å². The highest BCUT2D eigenvalue weighted by atomic mass is 32.1. The molecule has 4 rings (SSSR count). The van der Waals surface area contributed by atoms with Crippen LogP contribution < -0.4 is 10.6 Å². The van der Waals surface area contributed by atoms with Crippen LogP contribution in [0.2, 0.25) is 0 Å². The van der Waals surface area contributed by atoms with E-state index in [1.54, 1.807) is 18.2 Å². The minimum absolute atomic E-state index is 0.172. The largest absolute Gasteiger partial charge is 0.322 e. The number of carbonyl (C=O) groups excluding carboxylic acids is 3. The van der Waals surface area contributed by atoms with E-state index in [0.29, 0.717) is 22.6 Å². The number of fused-ring (bicyclic) bond motifs is 1. The number of thiazole rings is 1. The van der Waals surface area contributed by atoms with Crippen LogP contribution in [-0.4, -0.2) is 23.1 Å². The molecule has 0 bridgehead atoms. The summed E-state index contributed by atoms with van der Waals surface area (Å²) < 4.78 is 0.812. The van der Waals surface area contributed by atoms with Gasteiger partial charge in [-0.1, -0.05) is 29.5 Å². The molecule has 1 aliphatic rings. The van der Waals surface area contributed by atoms with Gasteiger partial charge in [0.15, 0.2) is 5.13 Å². The topological polar surface area (TPSA) is 88.2 Å². The molecular weight excluding hydrogens is 374 g/mol. The van der Waals surface area contributed by atoms with Crippen molar-refractivity contribution in [3.05, 3.63) is 53.1 Å². The van der Waals surface area contributed by atoms with Crippen molar-refractivity contribution in [2.75, 3.05) is 10.6 Å². The summed E-state index contributed by atoms with van der Waals surface area (Å²) in [4.78, 5) is 39.9. The highest BCUT2D eigenvalue weighted by Gasteiger charge is 2.43. The number of benzene rings is 2. The number of aryl methyl sites for hydroxylation is 2. The van der Waals surface area contributed by atoms with Crippen LogP contribution in [-0.2, 0) is 9.59 Å². The van der Waals surface area contributed by atoms with Crippen LogP contribution in [0, 0.1) is 25.7 Å². The second-order valence-corrected chi connectivity index (χ2v) is 8.08. The summed E-state index contributed by atoms with van der Waals surface area (Å²) in [6.45, 7) is 3.91. The molecule has 1 heterocycles. The fraction of sp³-hybridized carbons (Fsp3) is 0.238. The number of hydrogen-bond acceptors (Lipinski definition) is 5. The Hall–Kier alpha value is -3.06. The molecule has 2 atom stereocenters. The average molecular weight is 393 g/mol. The first-order chi connectivity index (χ1) is 13.5. The number of para-hydroxylation sites is 1. The van der Waals surface area contributed by atoms with Gasteiger partial charge >= 0.3 is 0 Å². The van der Waals surface area contributed by atoms with Gasteiger partial charge in [-0.05, 0) is 49.6 Å². The lowest BCUT2D eigenvalue weighted by Crippen LogP contribution is -2.14. The summed E-state index contributed by atoms with van der Waals surface area (Å²) in [5.41, 5.74) is 4.07. The molecule has 1 fully saturated rings. The minimum atomic E-state index is -0.247. The predicted octanol–water partition coefficient (Wildman–Crippen LogP) is 3.94. The third-order valence-corrected chi connectivity index (χ3v) is 5.89. The van der Waals surface area contributed by atoms with Crippen LogP contribution in [0.3, 0.4) is 0 Å². The molecule has 0 aliphatic heterocycles. The molecule has 1 aliphatic carbocycles. The lowest BCUT2D eigenvalue weighted by atomic mass is 10.1. The molecule has 0 radical (unpaired) electrons. The molecule has 2 N–H and O–H groups in total. The fourth-order valence-electron chi connectivity index (χ4n) is 3.18. The van der Waals surface area contributed by atoms with Gasteiger partial charge in [-0.3, -0.25) is 9.59 Å². The maximum atomic E-state index is 12.7. The van der Waals surface area contributed by atoms with E-state index in [2.05, 4.69) is 15.6 Å². The minimum Gasteiger partial charge on any atom is -0.322 e. The Balaban J connectivity index is 1.52. The first-order valence-electron chi connectivity index (χ1n) is 9.00. The fourth-order valence-corrected chi connectivity index (χ4v) is 4.09. The Morgan fingerprint density at radius 2 is 1.89 bits per heavy atom. The van der Waals surface area contributed by atoms with E-state index < -0.39 is 0 Å². The third-order valence-electron chi connectivity index (χ3n) is 4.95. The van der Waals surface area contributed by atoms with Crippen molar-refractivity contribution in [3.8, 4) is 0 Å². The van der Waals surface area contributed by atoms with Gasteiger partial charge in [0.1, 0.15) is 6.29 Å². The molecule has 28 heavy (non-hydrogen) atoms. The number of amides is 2. The highest BCUT2D eigenvalue weighted by Crippen LogP contribution is 2.38. The monoisotopic (exact) mass is 393 g/mol. The Morgan fingerprint density at radius 1 is 1.14 bits per heavy atom. The zero-order valence-electron chi connectivity index (χ0n) is 15.5. The number of anilines is 2. The van der Waals surface area contributed by atoms with Crippen LogP contribution in [0.1, 0.15) is 27.9 Å². The standard InChI is InChI=1S/C21H19N3O3S/c1-11-4-3-5-12(2)18(11)23-19(26)13-6-7-16-17(9-13)28-21(22-16)24-20(27)15-8-14(15)10-25/h3-7,9-10,14-15H,8H2,1-2H3,(H,23,26)(H,22,24,27). The van der Waals surface area contributed by atoms with Crippen molar-refractivity contribution in [2.45, 2.75) is 20.3 Å². The van der Waals surface area contributed by atoms with Gasteiger partial charge in [-0.15, -0.1) is 0 Å². The van der Waals surface area contributed by atoms with E-state index in [-0.39, 0.29) is 23.7 Å². The summed E-state index contributed by atoms with van der Waals surface area (Å²) >= 11 is 1.31. The zero-order valence-corrected chi connectivity index (χ0v) is 16.3. The maximum absolute atomic E-state index is 12.7. The van der Waals surface area contributed by atoms with Gasteiger partial charge in [-0.2, -0.15) is 0 Å². The van der Waals surface area contributed by atoms with Gasteiger partial charge in [0.2, 0.25) is 5.91 Å². The normalized spacial score (nSPS) is 17.9. The molecule has 0 spiro atoms. The van der Waals surface area contributed by atoms with Gasteiger partial charge in [0.25, 0.3) is 5.91 Å². The van der Waals surface area contributed by atoms with Crippen LogP contribution in [0.4, 0.5) is 10.8 Å². The number of nitrogens with one attached hydrogen (secondary N) is 2. The van der Waals surface area contributed by atoms with Crippen LogP contribution in [0.15, 0.2) is 36.4 Å². The number of hydrogen-bond donors (Lipinski definition) is 2. The van der Waals surface area contributed by atoms with E-state index in [1.165, 1.54) is 11.3 Å². The molecule has 2 amide bonds. The van der Waals surface area contributed by atoms with E-state index in [0.717, 1.165) is 27.8 Å². The lowest BCUT2D eigenvalue weighted by Gasteiger charge is -2.11. The summed E-state index contributed by atoms with van der Waals surface area (Å²) in [6.07, 6.45) is 1.42. The lowest BCUT2D eigenvalue weighted by molar-refractivity contribution is -0.119. The predicted molar refractivity (Wildman–Crippen MR) is 110 cm³/mol. The summed E-state index contributed by atoms with van der Waals surface area (Å²) in [5, 5.41) is 6.22. The molecule has 2 aromatic carbocycles. The van der Waals surface area contributed by atoms with Crippen molar-refractivity contribution in [1.82, 2.24) is 4.98 Å². The second-order valence-electron chi connectivity index (χ2n) is 7.05. The summed E-state index contributed by atoms with van der Waals surface area (Å²) in [7, 11) is 0. The van der Waals surface area contributed by atoms with Crippen molar-refractivity contribution < 1.29 is 14.4 Å². The third kappa shape index (κ3) is 3.53. The van der Waals surface area contributed by atoms with Gasteiger partial charge in [0.05, 0.1) is 10.2 Å². The Bertz CT molecular complexity index is 1090. The van der Waals surface area contributed by atoms with Crippen molar-refractivity contribution in [2.24, 2.45) is 11.8 Å². The van der Waals surface area contributed by atoms with Crippen molar-refractivity contribution >= 4 is 50.5 Å². The Morgan fingerprint density at radius 3 is 2.57 bits per heavy atom. The molecule has 6 nitrogen and oxygen atoms in total. The second kappa shape index (κ2) is 7.16. The quantitative estimate of drug-likeness (QED) is 0.643. The zero-order chi connectivity index (χ0) is 19.8. The summed E-state index contributed by atoms with van der Waals surface area (Å²) in [5.74, 6) is -0.785. The molecular formula is C21H19N3O3S. The first kappa shape index (κ1) is 18.3. The van der Waals surface area contributed by atoms with Crippen LogP contribution >= 0.6 is 11.3 Å². The number of nitrogens with zero attached hydrogens (tertiary/aromatic N) is 1. The molecule has 2 unspecified atom stereocenters. The van der Waals surface area contributed by atoms with Gasteiger partial charge in [0, 0.05) is 23.1 Å². The number of aromatic nitrogens is 1. The summed E-state index contributed by atoms with van der Waals surface area (Å²) in [6, 6.07) is 11.1. The Kier molecular flexibility index (Phi) is 4.68. The molecule has 7 heteroatoms. The van der Waals surface area contributed by atoms with Crippen LogP contribution in [0.25, 0.3) is 10.2 Å². The van der Waals surface area contributed by atoms with E-state index in [9.17, 15) is 14.4 Å². The van der Waals surface area contributed by atoms with Crippen LogP contribution in [0.5, 0.6) is 0 Å². The molecule has 142 valence electrons. The first-order valence-corrected chi connectivity index (χ1v) is 9.82. The van der Waals surface area contributed by atoms with Gasteiger partial charge in [-0.25, -0.2) is 4.98 Å². The molecule has 3 aromatic rings. The van der Waals surface area contributed by atoms with E-state index in [4.69, 9.17) is 0 Å². The SMILES string of the molecule is Cc1cccc(C)c1NC(=O)c1ccc2nc(NC(=O)C3CC3C=O)sc2c1. The average Bonchev–Trinajstić information content (AvgIpc) is 3.36. The van der Waals surface area contributed by atoms with E-state index >= 15 is 0 Å². The Labute approximate surface area is 166 Å². The number of rotatable bonds is 5. The van der Waals surface area contributed by atoms with Crippen molar-refractivity contribution in [3.63, 3.8) is 0 Å². The molecule has 0 saturated heterocycles. The van der Waals surface area contributed by atoms with Gasteiger partial charge < -0.3 is 15.4 Å². The highest BCUT2D eigenvalue weighted by molar-refractivity contribution is 7.22. The molecule has 1 aromatic heterocycles. The van der Waals surface area contributed by atoms with Crippen molar-refractivity contribution in [1.29, 1.82) is 0 Å². The smallest absolute Gasteiger partial charge is 0.255 e. The maximum Gasteiger partial charge on any atom is 0.255 e. The number of aldehydes is 1. The molecule has 1 saturated carbocycles. The number of carbonyl (C=O) groups is 3.